The Morgan fingerprint density at radius 2 is 2.22 bits per heavy atom. The number of carboxylic acid groups (broad SMARTS) is 1. The molecule has 0 radical (unpaired) electrons. The van der Waals surface area contributed by atoms with Crippen LogP contribution in [0, 0.1) is 6.92 Å². The smallest absolute Gasteiger partial charge is 0.337 e. The Kier molecular flexibility index (Phi) is 4.62. The molecule has 0 aliphatic heterocycles. The Labute approximate surface area is 105 Å². The van der Waals surface area contributed by atoms with Gasteiger partial charge in [-0.1, -0.05) is 17.7 Å². The SMILES string of the molecule is C=CCC(N)C(=O)Nc1ccc(C)cc1C(=O)O. The van der Waals surface area contributed by atoms with Crippen LogP contribution in [0.15, 0.2) is 30.9 Å². The summed E-state index contributed by atoms with van der Waals surface area (Å²) in [6.45, 7) is 5.27. The molecule has 1 aromatic carbocycles. The molecule has 0 saturated heterocycles. The van der Waals surface area contributed by atoms with E-state index in [2.05, 4.69) is 11.9 Å². The van der Waals surface area contributed by atoms with E-state index in [-0.39, 0.29) is 11.3 Å². The lowest BCUT2D eigenvalue weighted by Gasteiger charge is -2.12. The van der Waals surface area contributed by atoms with Gasteiger partial charge in [0.2, 0.25) is 5.91 Å². The number of amides is 1. The first kappa shape index (κ1) is 13.9. The van der Waals surface area contributed by atoms with Crippen LogP contribution < -0.4 is 11.1 Å². The second-order valence-electron chi connectivity index (χ2n) is 3.97. The van der Waals surface area contributed by atoms with Gasteiger partial charge in [-0.3, -0.25) is 4.79 Å². The Balaban J connectivity index is 2.93. The number of aryl methyl sites for hydroxylation is 1. The topological polar surface area (TPSA) is 92.4 Å². The van der Waals surface area contributed by atoms with Gasteiger partial charge in [0.1, 0.15) is 0 Å². The molecule has 96 valence electrons. The zero-order chi connectivity index (χ0) is 13.7. The van der Waals surface area contributed by atoms with E-state index in [1.807, 2.05) is 0 Å². The number of carbonyl (C=O) groups excluding carboxylic acids is 1. The Morgan fingerprint density at radius 3 is 2.78 bits per heavy atom. The van der Waals surface area contributed by atoms with Crippen molar-refractivity contribution in [2.24, 2.45) is 5.73 Å². The average Bonchev–Trinajstić information content (AvgIpc) is 2.31. The van der Waals surface area contributed by atoms with Crippen LogP contribution in [0.25, 0.3) is 0 Å². The van der Waals surface area contributed by atoms with Crippen molar-refractivity contribution < 1.29 is 14.7 Å². The van der Waals surface area contributed by atoms with E-state index >= 15 is 0 Å². The molecule has 1 rings (SSSR count). The molecule has 0 aliphatic carbocycles. The van der Waals surface area contributed by atoms with Crippen LogP contribution in [0.5, 0.6) is 0 Å². The number of aromatic carboxylic acids is 1. The molecule has 0 aliphatic rings. The minimum absolute atomic E-state index is 0.0501. The van der Waals surface area contributed by atoms with Crippen LogP contribution in [0.1, 0.15) is 22.3 Å². The predicted octanol–water partition coefficient (Wildman–Crippen LogP) is 1.54. The van der Waals surface area contributed by atoms with E-state index in [0.717, 1.165) is 5.56 Å². The van der Waals surface area contributed by atoms with Crippen LogP contribution in [0.3, 0.4) is 0 Å². The van der Waals surface area contributed by atoms with Crippen LogP contribution in [-0.2, 0) is 4.79 Å². The van der Waals surface area contributed by atoms with Gasteiger partial charge in [0.05, 0.1) is 17.3 Å². The van der Waals surface area contributed by atoms with Gasteiger partial charge in [-0.2, -0.15) is 0 Å². The summed E-state index contributed by atoms with van der Waals surface area (Å²) in [5.41, 5.74) is 6.71. The highest BCUT2D eigenvalue weighted by Crippen LogP contribution is 2.17. The highest BCUT2D eigenvalue weighted by atomic mass is 16.4. The number of nitrogens with two attached hydrogens (primary N) is 1. The lowest BCUT2D eigenvalue weighted by Crippen LogP contribution is -2.35. The largest absolute Gasteiger partial charge is 0.478 e. The van der Waals surface area contributed by atoms with Gasteiger partial charge in [-0.05, 0) is 25.5 Å². The molecule has 18 heavy (non-hydrogen) atoms. The minimum Gasteiger partial charge on any atom is -0.478 e. The van der Waals surface area contributed by atoms with E-state index in [4.69, 9.17) is 10.8 Å². The summed E-state index contributed by atoms with van der Waals surface area (Å²) in [4.78, 5) is 22.7. The summed E-state index contributed by atoms with van der Waals surface area (Å²) in [6.07, 6.45) is 1.87. The highest BCUT2D eigenvalue weighted by Gasteiger charge is 2.16. The third-order valence-electron chi connectivity index (χ3n) is 2.42. The zero-order valence-corrected chi connectivity index (χ0v) is 10.1. The van der Waals surface area contributed by atoms with Gasteiger partial charge in [-0.15, -0.1) is 6.58 Å². The number of benzene rings is 1. The first-order chi connectivity index (χ1) is 8.45. The second kappa shape index (κ2) is 5.97. The van der Waals surface area contributed by atoms with Crippen molar-refractivity contribution in [3.05, 3.63) is 42.0 Å². The fourth-order valence-corrected chi connectivity index (χ4v) is 1.46. The molecule has 0 spiro atoms. The maximum absolute atomic E-state index is 11.7. The van der Waals surface area contributed by atoms with Crippen LogP contribution in [-0.4, -0.2) is 23.0 Å². The minimum atomic E-state index is -1.09. The van der Waals surface area contributed by atoms with Crippen molar-refractivity contribution in [3.63, 3.8) is 0 Å². The molecule has 0 fully saturated rings. The van der Waals surface area contributed by atoms with E-state index < -0.39 is 17.9 Å². The van der Waals surface area contributed by atoms with Crippen LogP contribution in [0.2, 0.25) is 0 Å². The second-order valence-corrected chi connectivity index (χ2v) is 3.97. The molecule has 1 aromatic rings. The summed E-state index contributed by atoms with van der Waals surface area (Å²) < 4.78 is 0. The average molecular weight is 248 g/mol. The zero-order valence-electron chi connectivity index (χ0n) is 10.1. The number of carboxylic acids is 1. The normalized spacial score (nSPS) is 11.7. The Morgan fingerprint density at radius 1 is 1.56 bits per heavy atom. The Bertz CT molecular complexity index is 483. The van der Waals surface area contributed by atoms with Crippen molar-refractivity contribution in [1.82, 2.24) is 0 Å². The molecule has 5 heteroatoms. The molecule has 4 N–H and O–H groups in total. The number of carbonyl (C=O) groups is 2. The van der Waals surface area contributed by atoms with Crippen LogP contribution >= 0.6 is 0 Å². The summed E-state index contributed by atoms with van der Waals surface area (Å²) in [7, 11) is 0. The molecular formula is C13H16N2O3. The van der Waals surface area contributed by atoms with Gasteiger partial charge < -0.3 is 16.2 Å². The third-order valence-corrected chi connectivity index (χ3v) is 2.42. The monoisotopic (exact) mass is 248 g/mol. The van der Waals surface area contributed by atoms with Gasteiger partial charge in [0, 0.05) is 0 Å². The van der Waals surface area contributed by atoms with E-state index in [0.29, 0.717) is 6.42 Å². The fourth-order valence-electron chi connectivity index (χ4n) is 1.46. The van der Waals surface area contributed by atoms with Crippen molar-refractivity contribution in [2.75, 3.05) is 5.32 Å². The highest BCUT2D eigenvalue weighted by molar-refractivity contribution is 6.02. The number of hydrogen-bond donors (Lipinski definition) is 3. The van der Waals surface area contributed by atoms with Crippen LogP contribution in [0.4, 0.5) is 5.69 Å². The van der Waals surface area contributed by atoms with Gasteiger partial charge in [-0.25, -0.2) is 4.79 Å². The summed E-state index contributed by atoms with van der Waals surface area (Å²) >= 11 is 0. The molecule has 1 atom stereocenters. The Hall–Kier alpha value is -2.14. The van der Waals surface area contributed by atoms with Crippen molar-refractivity contribution in [1.29, 1.82) is 0 Å². The lowest BCUT2D eigenvalue weighted by atomic mass is 10.1. The first-order valence-corrected chi connectivity index (χ1v) is 5.47. The standard InChI is InChI=1S/C13H16N2O3/c1-3-4-10(14)12(16)15-11-6-5-8(2)7-9(11)13(17)18/h3,5-7,10H,1,4,14H2,2H3,(H,15,16)(H,17,18). The first-order valence-electron chi connectivity index (χ1n) is 5.47. The molecule has 0 aromatic heterocycles. The molecule has 0 bridgehead atoms. The van der Waals surface area contributed by atoms with Gasteiger partial charge >= 0.3 is 5.97 Å². The van der Waals surface area contributed by atoms with E-state index in [9.17, 15) is 9.59 Å². The van der Waals surface area contributed by atoms with E-state index in [1.165, 1.54) is 12.1 Å². The molecule has 0 saturated carbocycles. The third kappa shape index (κ3) is 3.43. The van der Waals surface area contributed by atoms with Gasteiger partial charge in [0.25, 0.3) is 0 Å². The van der Waals surface area contributed by atoms with Crippen molar-refractivity contribution in [3.8, 4) is 0 Å². The van der Waals surface area contributed by atoms with E-state index in [1.54, 1.807) is 19.1 Å². The number of rotatable bonds is 5. The molecule has 5 nitrogen and oxygen atoms in total. The lowest BCUT2D eigenvalue weighted by molar-refractivity contribution is -0.117. The predicted molar refractivity (Wildman–Crippen MR) is 69.6 cm³/mol. The summed E-state index contributed by atoms with van der Waals surface area (Å²) in [6, 6.07) is 4.04. The summed E-state index contributed by atoms with van der Waals surface area (Å²) in [5.74, 6) is -1.52. The molecule has 1 amide bonds. The number of nitrogens with one attached hydrogen (secondary N) is 1. The van der Waals surface area contributed by atoms with Gasteiger partial charge in [0.15, 0.2) is 0 Å². The molecule has 1 unspecified atom stereocenters. The number of hydrogen-bond acceptors (Lipinski definition) is 3. The summed E-state index contributed by atoms with van der Waals surface area (Å²) in [5, 5.41) is 11.6. The molecular weight excluding hydrogens is 232 g/mol. The molecule has 0 heterocycles. The fraction of sp³-hybridized carbons (Fsp3) is 0.231. The number of anilines is 1. The van der Waals surface area contributed by atoms with Crippen molar-refractivity contribution >= 4 is 17.6 Å². The maximum atomic E-state index is 11.7. The maximum Gasteiger partial charge on any atom is 0.337 e. The quantitative estimate of drug-likeness (QED) is 0.689. The van der Waals surface area contributed by atoms with Crippen molar-refractivity contribution in [2.45, 2.75) is 19.4 Å².